The van der Waals surface area contributed by atoms with Crippen molar-refractivity contribution in [3.8, 4) is 11.1 Å². The van der Waals surface area contributed by atoms with Crippen LogP contribution in [-0.2, 0) is 14.3 Å². The van der Waals surface area contributed by atoms with Gasteiger partial charge in [0, 0.05) is 38.6 Å². The fourth-order valence-electron chi connectivity index (χ4n) is 5.09. The highest BCUT2D eigenvalue weighted by atomic mass is 16.5. The van der Waals surface area contributed by atoms with Crippen LogP contribution in [0.4, 0.5) is 4.79 Å². The largest absolute Gasteiger partial charge is 0.480 e. The van der Waals surface area contributed by atoms with Crippen LogP contribution < -0.4 is 5.32 Å². The summed E-state index contributed by atoms with van der Waals surface area (Å²) in [7, 11) is 0. The summed E-state index contributed by atoms with van der Waals surface area (Å²) >= 11 is 0. The van der Waals surface area contributed by atoms with E-state index in [0.29, 0.717) is 32.6 Å². The number of nitrogens with zero attached hydrogens (tertiary/aromatic N) is 2. The fraction of sp³-hybridized carbons (Fsp3) is 0.444. The first-order valence-electron chi connectivity index (χ1n) is 12.3. The average molecular weight is 480 g/mol. The van der Waals surface area contributed by atoms with E-state index in [2.05, 4.69) is 29.6 Å². The van der Waals surface area contributed by atoms with Gasteiger partial charge in [-0.2, -0.15) is 0 Å². The molecule has 8 heteroatoms. The van der Waals surface area contributed by atoms with E-state index >= 15 is 0 Å². The van der Waals surface area contributed by atoms with Crippen molar-refractivity contribution >= 4 is 18.0 Å². The number of amides is 2. The van der Waals surface area contributed by atoms with Crippen molar-refractivity contribution in [2.24, 2.45) is 5.92 Å². The highest BCUT2D eigenvalue weighted by Gasteiger charge is 2.30. The van der Waals surface area contributed by atoms with Crippen molar-refractivity contribution in [2.75, 3.05) is 45.9 Å². The van der Waals surface area contributed by atoms with Gasteiger partial charge < -0.3 is 20.1 Å². The number of carboxylic acids is 1. The summed E-state index contributed by atoms with van der Waals surface area (Å²) in [5, 5.41) is 11.8. The van der Waals surface area contributed by atoms with Crippen LogP contribution in [0, 0.1) is 5.92 Å². The summed E-state index contributed by atoms with van der Waals surface area (Å²) in [5.74, 6) is -1.20. The van der Waals surface area contributed by atoms with E-state index in [1.807, 2.05) is 36.1 Å². The number of hydrogen-bond acceptors (Lipinski definition) is 5. The molecule has 1 aliphatic carbocycles. The van der Waals surface area contributed by atoms with Crippen LogP contribution in [0.3, 0.4) is 0 Å². The standard InChI is InChI=1S/C27H33N3O5/c1-2-7-19(26(33)30-14-12-29(13-15-30)17-25(31)32)16-28-27(34)35-18-24-22-10-5-3-8-20(22)21-9-4-6-11-23(21)24/h3-6,8-11,19,24H,2,7,12-18H2,1H3,(H,28,34)(H,31,32). The van der Waals surface area contributed by atoms with Crippen LogP contribution in [0.15, 0.2) is 48.5 Å². The van der Waals surface area contributed by atoms with Crippen molar-refractivity contribution in [3.63, 3.8) is 0 Å². The van der Waals surface area contributed by atoms with Gasteiger partial charge in [-0.1, -0.05) is 61.9 Å². The van der Waals surface area contributed by atoms with Crippen LogP contribution >= 0.6 is 0 Å². The molecule has 2 aromatic rings. The van der Waals surface area contributed by atoms with Gasteiger partial charge in [-0.05, 0) is 28.7 Å². The summed E-state index contributed by atoms with van der Waals surface area (Å²) in [6.07, 6.45) is 0.964. The predicted molar refractivity (Wildman–Crippen MR) is 132 cm³/mol. The van der Waals surface area contributed by atoms with Gasteiger partial charge >= 0.3 is 12.1 Å². The van der Waals surface area contributed by atoms with Gasteiger partial charge in [0.15, 0.2) is 0 Å². The Morgan fingerprint density at radius 1 is 1.00 bits per heavy atom. The van der Waals surface area contributed by atoms with Crippen LogP contribution in [-0.4, -0.2) is 78.8 Å². The van der Waals surface area contributed by atoms with E-state index in [1.165, 1.54) is 11.1 Å². The summed E-state index contributed by atoms with van der Waals surface area (Å²) in [4.78, 5) is 40.1. The zero-order valence-electron chi connectivity index (χ0n) is 20.1. The van der Waals surface area contributed by atoms with Crippen molar-refractivity contribution in [1.29, 1.82) is 0 Å². The molecular weight excluding hydrogens is 446 g/mol. The topological polar surface area (TPSA) is 99.2 Å². The second kappa shape index (κ2) is 11.4. The van der Waals surface area contributed by atoms with Gasteiger partial charge in [0.25, 0.3) is 0 Å². The van der Waals surface area contributed by atoms with E-state index in [-0.39, 0.29) is 37.4 Å². The van der Waals surface area contributed by atoms with Gasteiger partial charge in [0.05, 0.1) is 12.5 Å². The Kier molecular flexibility index (Phi) is 8.02. The third kappa shape index (κ3) is 5.82. The second-order valence-electron chi connectivity index (χ2n) is 9.19. The molecule has 2 N–H and O–H groups in total. The van der Waals surface area contributed by atoms with Crippen molar-refractivity contribution in [1.82, 2.24) is 15.1 Å². The van der Waals surface area contributed by atoms with Crippen molar-refractivity contribution in [2.45, 2.75) is 25.7 Å². The zero-order valence-corrected chi connectivity index (χ0v) is 20.1. The van der Waals surface area contributed by atoms with Gasteiger partial charge in [0.1, 0.15) is 6.61 Å². The van der Waals surface area contributed by atoms with Crippen LogP contribution in [0.25, 0.3) is 11.1 Å². The van der Waals surface area contributed by atoms with Crippen LogP contribution in [0.2, 0.25) is 0 Å². The van der Waals surface area contributed by atoms with Gasteiger partial charge in [-0.3, -0.25) is 14.5 Å². The number of ether oxygens (including phenoxy) is 1. The lowest BCUT2D eigenvalue weighted by atomic mass is 9.98. The number of carboxylic acid groups (broad SMARTS) is 1. The Labute approximate surface area is 205 Å². The molecular formula is C27H33N3O5. The SMILES string of the molecule is CCCC(CNC(=O)OCC1c2ccccc2-c2ccccc21)C(=O)N1CCN(CC(=O)O)CC1. The van der Waals surface area contributed by atoms with Crippen LogP contribution in [0.5, 0.6) is 0 Å². The molecule has 1 saturated heterocycles. The lowest BCUT2D eigenvalue weighted by Gasteiger charge is -2.35. The maximum atomic E-state index is 13.1. The monoisotopic (exact) mass is 479 g/mol. The molecule has 0 bridgehead atoms. The minimum Gasteiger partial charge on any atom is -0.480 e. The number of aliphatic carboxylic acids is 1. The second-order valence-corrected chi connectivity index (χ2v) is 9.19. The smallest absolute Gasteiger partial charge is 0.407 e. The molecule has 0 spiro atoms. The lowest BCUT2D eigenvalue weighted by Crippen LogP contribution is -2.52. The van der Waals surface area contributed by atoms with Gasteiger partial charge in [-0.15, -0.1) is 0 Å². The Hall–Kier alpha value is -3.39. The Bertz CT molecular complexity index is 1020. The number of piperazine rings is 1. The van der Waals surface area contributed by atoms with Crippen molar-refractivity contribution in [3.05, 3.63) is 59.7 Å². The normalized spacial score (nSPS) is 16.3. The highest BCUT2D eigenvalue weighted by molar-refractivity contribution is 5.80. The number of nitrogens with one attached hydrogen (secondary N) is 1. The lowest BCUT2D eigenvalue weighted by molar-refractivity contribution is -0.140. The number of carbonyl (C=O) groups excluding carboxylic acids is 2. The molecule has 186 valence electrons. The number of fused-ring (bicyclic) bond motifs is 3. The fourth-order valence-corrected chi connectivity index (χ4v) is 5.09. The third-order valence-corrected chi connectivity index (χ3v) is 6.87. The number of hydrogen-bond donors (Lipinski definition) is 2. The molecule has 1 heterocycles. The minimum atomic E-state index is -0.860. The molecule has 0 radical (unpaired) electrons. The molecule has 1 aliphatic heterocycles. The van der Waals surface area contributed by atoms with Crippen molar-refractivity contribution < 1.29 is 24.2 Å². The highest BCUT2D eigenvalue weighted by Crippen LogP contribution is 2.44. The third-order valence-electron chi connectivity index (χ3n) is 6.87. The summed E-state index contributed by atoms with van der Waals surface area (Å²) in [6.45, 7) is 4.53. The Balaban J connectivity index is 1.29. The Morgan fingerprint density at radius 2 is 1.60 bits per heavy atom. The van der Waals surface area contributed by atoms with E-state index in [1.54, 1.807) is 4.90 Å². The number of alkyl carbamates (subject to hydrolysis) is 1. The molecule has 1 fully saturated rings. The van der Waals surface area contributed by atoms with Gasteiger partial charge in [-0.25, -0.2) is 4.79 Å². The molecule has 0 aromatic heterocycles. The molecule has 8 nitrogen and oxygen atoms in total. The zero-order chi connectivity index (χ0) is 24.8. The molecule has 0 saturated carbocycles. The molecule has 1 unspecified atom stereocenters. The minimum absolute atomic E-state index is 0.000715. The number of benzene rings is 2. The Morgan fingerprint density at radius 3 is 2.17 bits per heavy atom. The molecule has 4 rings (SSSR count). The van der Waals surface area contributed by atoms with Crippen LogP contribution in [0.1, 0.15) is 36.8 Å². The first kappa shape index (κ1) is 24.7. The maximum absolute atomic E-state index is 13.1. The summed E-state index contributed by atoms with van der Waals surface area (Å²) in [6, 6.07) is 16.4. The first-order chi connectivity index (χ1) is 17.0. The van der Waals surface area contributed by atoms with E-state index in [4.69, 9.17) is 9.84 Å². The van der Waals surface area contributed by atoms with E-state index in [0.717, 1.165) is 17.5 Å². The summed E-state index contributed by atoms with van der Waals surface area (Å²) < 4.78 is 5.61. The molecule has 2 aliphatic rings. The van der Waals surface area contributed by atoms with E-state index in [9.17, 15) is 14.4 Å². The number of carbonyl (C=O) groups is 3. The maximum Gasteiger partial charge on any atom is 0.407 e. The predicted octanol–water partition coefficient (Wildman–Crippen LogP) is 3.17. The summed E-state index contributed by atoms with van der Waals surface area (Å²) in [5.41, 5.74) is 4.66. The molecule has 2 amide bonds. The van der Waals surface area contributed by atoms with E-state index < -0.39 is 12.1 Å². The molecule has 2 aromatic carbocycles. The molecule has 35 heavy (non-hydrogen) atoms. The average Bonchev–Trinajstić information content (AvgIpc) is 3.18. The number of rotatable bonds is 9. The first-order valence-corrected chi connectivity index (χ1v) is 12.3. The van der Waals surface area contributed by atoms with Gasteiger partial charge in [0.2, 0.25) is 5.91 Å². The quantitative estimate of drug-likeness (QED) is 0.573. The molecule has 1 atom stereocenters.